The van der Waals surface area contributed by atoms with Crippen LogP contribution in [-0.2, 0) is 14.3 Å². The summed E-state index contributed by atoms with van der Waals surface area (Å²) in [5, 5.41) is 2.67. The molecule has 6 nitrogen and oxygen atoms in total. The maximum absolute atomic E-state index is 14.9. The third-order valence-electron chi connectivity index (χ3n) is 6.40. The smallest absolute Gasteiger partial charge is 0.325 e. The van der Waals surface area contributed by atoms with Gasteiger partial charge in [-0.05, 0) is 36.6 Å². The number of carbonyl (C=O) groups excluding carboxylic acids is 3. The molecule has 2 amide bonds. The SMILES string of the molecule is COC(=O)CNC(=O)C1c2ccccc2C(=O)N(c2ccccc2F)C12CCCCC2. The summed E-state index contributed by atoms with van der Waals surface area (Å²) in [5.41, 5.74) is 0.255. The highest BCUT2D eigenvalue weighted by molar-refractivity contribution is 6.12. The minimum Gasteiger partial charge on any atom is -0.468 e. The molecule has 31 heavy (non-hydrogen) atoms. The first-order valence-corrected chi connectivity index (χ1v) is 10.5. The van der Waals surface area contributed by atoms with Gasteiger partial charge in [-0.25, -0.2) is 4.39 Å². The quantitative estimate of drug-likeness (QED) is 0.762. The lowest BCUT2D eigenvalue weighted by molar-refractivity contribution is -0.141. The van der Waals surface area contributed by atoms with Crippen LogP contribution in [0.15, 0.2) is 48.5 Å². The van der Waals surface area contributed by atoms with Crippen molar-refractivity contribution < 1.29 is 23.5 Å². The van der Waals surface area contributed by atoms with Crippen LogP contribution in [0.5, 0.6) is 0 Å². The van der Waals surface area contributed by atoms with Crippen molar-refractivity contribution >= 4 is 23.5 Å². The Labute approximate surface area is 180 Å². The van der Waals surface area contributed by atoms with Crippen LogP contribution in [0.4, 0.5) is 10.1 Å². The molecule has 0 aromatic heterocycles. The number of halogens is 1. The molecule has 1 N–H and O–H groups in total. The molecular weight excluding hydrogens is 399 g/mol. The summed E-state index contributed by atoms with van der Waals surface area (Å²) in [5.74, 6) is -2.47. The first kappa shape index (κ1) is 21.0. The molecule has 1 aliphatic heterocycles. The molecule has 0 radical (unpaired) electrons. The molecular formula is C24H25FN2O4. The van der Waals surface area contributed by atoms with E-state index in [4.69, 9.17) is 0 Å². The number of hydrogen-bond donors (Lipinski definition) is 1. The summed E-state index contributed by atoms with van der Waals surface area (Å²) in [4.78, 5) is 40.3. The minimum atomic E-state index is -0.911. The fourth-order valence-electron chi connectivity index (χ4n) is 5.06. The maximum Gasteiger partial charge on any atom is 0.325 e. The summed E-state index contributed by atoms with van der Waals surface area (Å²) in [7, 11) is 1.26. The third-order valence-corrected chi connectivity index (χ3v) is 6.40. The first-order valence-electron chi connectivity index (χ1n) is 10.5. The van der Waals surface area contributed by atoms with Crippen LogP contribution < -0.4 is 10.2 Å². The number of nitrogens with one attached hydrogen (secondary N) is 1. The molecule has 1 fully saturated rings. The van der Waals surface area contributed by atoms with Gasteiger partial charge in [0.2, 0.25) is 5.91 Å². The largest absolute Gasteiger partial charge is 0.468 e. The van der Waals surface area contributed by atoms with Crippen LogP contribution in [0.25, 0.3) is 0 Å². The number of nitrogens with zero attached hydrogens (tertiary/aromatic N) is 1. The fourth-order valence-corrected chi connectivity index (χ4v) is 5.06. The van der Waals surface area contributed by atoms with E-state index in [1.54, 1.807) is 42.5 Å². The van der Waals surface area contributed by atoms with Crippen LogP contribution in [0, 0.1) is 5.82 Å². The number of rotatable bonds is 4. The normalized spacial score (nSPS) is 19.6. The van der Waals surface area contributed by atoms with Crippen molar-refractivity contribution in [3.63, 3.8) is 0 Å². The third kappa shape index (κ3) is 3.58. The zero-order valence-electron chi connectivity index (χ0n) is 17.4. The lowest BCUT2D eigenvalue weighted by atomic mass is 9.65. The number of fused-ring (bicyclic) bond motifs is 1. The highest BCUT2D eigenvalue weighted by Gasteiger charge is 2.55. The van der Waals surface area contributed by atoms with Crippen LogP contribution in [0.2, 0.25) is 0 Å². The second-order valence-corrected chi connectivity index (χ2v) is 8.07. The molecule has 1 aliphatic carbocycles. The fraction of sp³-hybridized carbons (Fsp3) is 0.375. The Morgan fingerprint density at radius 2 is 1.77 bits per heavy atom. The van der Waals surface area contributed by atoms with E-state index in [1.165, 1.54) is 18.1 Å². The van der Waals surface area contributed by atoms with Crippen LogP contribution in [-0.4, -0.2) is 37.0 Å². The Morgan fingerprint density at radius 1 is 1.10 bits per heavy atom. The summed E-state index contributed by atoms with van der Waals surface area (Å²) in [6.07, 6.45) is 3.76. The molecule has 2 aromatic rings. The van der Waals surface area contributed by atoms with Gasteiger partial charge in [0, 0.05) is 5.56 Å². The number of anilines is 1. The maximum atomic E-state index is 14.9. The van der Waals surface area contributed by atoms with E-state index in [9.17, 15) is 18.8 Å². The molecule has 0 bridgehead atoms. The lowest BCUT2D eigenvalue weighted by Crippen LogP contribution is -2.63. The van der Waals surface area contributed by atoms with Gasteiger partial charge >= 0.3 is 5.97 Å². The van der Waals surface area contributed by atoms with Gasteiger partial charge in [0.25, 0.3) is 5.91 Å². The van der Waals surface area contributed by atoms with Gasteiger partial charge in [-0.1, -0.05) is 49.6 Å². The molecule has 1 unspecified atom stereocenters. The van der Waals surface area contributed by atoms with Crippen molar-refractivity contribution in [2.24, 2.45) is 0 Å². The summed E-state index contributed by atoms with van der Waals surface area (Å²) < 4.78 is 19.6. The van der Waals surface area contributed by atoms with Crippen LogP contribution >= 0.6 is 0 Å². The highest BCUT2D eigenvalue weighted by Crippen LogP contribution is 2.51. The number of para-hydroxylation sites is 1. The van der Waals surface area contributed by atoms with Gasteiger partial charge in [-0.15, -0.1) is 0 Å². The molecule has 1 saturated carbocycles. The average molecular weight is 424 g/mol. The van der Waals surface area contributed by atoms with Crippen molar-refractivity contribution in [1.82, 2.24) is 5.32 Å². The van der Waals surface area contributed by atoms with Crippen LogP contribution in [0.3, 0.4) is 0 Å². The number of hydrogen-bond acceptors (Lipinski definition) is 4. The first-order chi connectivity index (χ1) is 15.0. The standard InChI is InChI=1S/C24H25FN2O4/c1-31-20(28)15-26-22(29)21-16-9-3-4-10-17(16)23(30)27(19-12-6-5-11-18(19)25)24(21)13-7-2-8-14-24/h3-6,9-12,21H,2,7-8,13-15H2,1H3,(H,26,29). The van der Waals surface area contributed by atoms with Crippen molar-refractivity contribution in [2.45, 2.75) is 43.6 Å². The molecule has 2 aliphatic rings. The predicted molar refractivity (Wildman–Crippen MR) is 113 cm³/mol. The van der Waals surface area contributed by atoms with E-state index < -0.39 is 23.2 Å². The Hall–Kier alpha value is -3.22. The van der Waals surface area contributed by atoms with Gasteiger partial charge in [0.15, 0.2) is 0 Å². The highest BCUT2D eigenvalue weighted by atomic mass is 19.1. The van der Waals surface area contributed by atoms with Gasteiger partial charge in [0.05, 0.1) is 24.3 Å². The van der Waals surface area contributed by atoms with E-state index >= 15 is 0 Å². The van der Waals surface area contributed by atoms with Crippen LogP contribution in [0.1, 0.15) is 53.9 Å². The lowest BCUT2D eigenvalue weighted by Gasteiger charge is -2.53. The van der Waals surface area contributed by atoms with Gasteiger partial charge in [-0.3, -0.25) is 19.3 Å². The van der Waals surface area contributed by atoms with Gasteiger partial charge < -0.3 is 10.1 Å². The molecule has 4 rings (SSSR count). The average Bonchev–Trinajstić information content (AvgIpc) is 2.79. The monoisotopic (exact) mass is 424 g/mol. The molecule has 7 heteroatoms. The Bertz CT molecular complexity index is 1020. The van der Waals surface area contributed by atoms with Crippen molar-refractivity contribution in [1.29, 1.82) is 0 Å². The summed E-state index contributed by atoms with van der Waals surface area (Å²) >= 11 is 0. The zero-order chi connectivity index (χ0) is 22.0. The Morgan fingerprint density at radius 3 is 2.48 bits per heavy atom. The number of methoxy groups -OCH3 is 1. The number of benzene rings is 2. The van der Waals surface area contributed by atoms with E-state index in [-0.39, 0.29) is 24.0 Å². The topological polar surface area (TPSA) is 75.7 Å². The van der Waals surface area contributed by atoms with Crippen molar-refractivity contribution in [2.75, 3.05) is 18.6 Å². The second-order valence-electron chi connectivity index (χ2n) is 8.07. The van der Waals surface area contributed by atoms with Gasteiger partial charge in [-0.2, -0.15) is 0 Å². The molecule has 162 valence electrons. The number of amides is 2. The minimum absolute atomic E-state index is 0.176. The van der Waals surface area contributed by atoms with Crippen molar-refractivity contribution in [3.8, 4) is 0 Å². The van der Waals surface area contributed by atoms with E-state index in [0.717, 1.165) is 19.3 Å². The van der Waals surface area contributed by atoms with Gasteiger partial charge in [0.1, 0.15) is 12.4 Å². The Kier molecular flexibility index (Phi) is 5.76. The molecule has 1 spiro atoms. The molecule has 1 heterocycles. The van der Waals surface area contributed by atoms with Crippen molar-refractivity contribution in [3.05, 3.63) is 65.5 Å². The number of esters is 1. The number of carbonyl (C=O) groups is 3. The number of ether oxygens (including phenoxy) is 1. The molecule has 0 saturated heterocycles. The molecule has 2 aromatic carbocycles. The second kappa shape index (κ2) is 8.49. The van der Waals surface area contributed by atoms with E-state index in [2.05, 4.69) is 10.1 Å². The Balaban J connectivity index is 1.89. The van der Waals surface area contributed by atoms with E-state index in [1.807, 2.05) is 0 Å². The molecule has 1 atom stereocenters. The summed E-state index contributed by atoms with van der Waals surface area (Å²) in [6, 6.07) is 13.2. The summed E-state index contributed by atoms with van der Waals surface area (Å²) in [6.45, 7) is -0.266. The predicted octanol–water partition coefficient (Wildman–Crippen LogP) is 3.56. The van der Waals surface area contributed by atoms with E-state index in [0.29, 0.717) is 24.0 Å². The zero-order valence-corrected chi connectivity index (χ0v) is 17.4.